The second-order valence-electron chi connectivity index (χ2n) is 4.14. The van der Waals surface area contributed by atoms with E-state index in [-0.39, 0.29) is 0 Å². The lowest BCUT2D eigenvalue weighted by Crippen LogP contribution is -2.16. The monoisotopic (exact) mass is 246 g/mol. The van der Waals surface area contributed by atoms with E-state index >= 15 is 0 Å². The Kier molecular flexibility index (Phi) is 3.77. The van der Waals surface area contributed by atoms with Gasteiger partial charge in [-0.2, -0.15) is 0 Å². The molecule has 2 aromatic rings. The minimum Gasteiger partial charge on any atom is -0.492 e. The molecule has 1 aromatic carbocycles. The number of hydrogen-bond donors (Lipinski definition) is 1. The molecule has 0 aliphatic carbocycles. The minimum absolute atomic E-state index is 0.610. The molecule has 1 aromatic heterocycles. The zero-order valence-corrected chi connectivity index (χ0v) is 10.7. The van der Waals surface area contributed by atoms with Crippen LogP contribution in [0.2, 0.25) is 0 Å². The topological polar surface area (TPSA) is 51.6 Å². The van der Waals surface area contributed by atoms with Gasteiger partial charge in [-0.05, 0) is 25.1 Å². The summed E-state index contributed by atoms with van der Waals surface area (Å²) in [6.07, 6.45) is 3.43. The van der Waals surface area contributed by atoms with Crippen LogP contribution in [-0.2, 0) is 6.54 Å². The van der Waals surface area contributed by atoms with Crippen LogP contribution in [0.3, 0.4) is 0 Å². The molecule has 0 spiro atoms. The van der Waals surface area contributed by atoms with Crippen LogP contribution in [-0.4, -0.2) is 13.7 Å². The summed E-state index contributed by atoms with van der Waals surface area (Å²) in [5.74, 6) is 0.731. The normalized spacial score (nSPS) is 10.3. The quantitative estimate of drug-likeness (QED) is 0.824. The SMILES string of the molecule is CCOc1cc(N(C)Cc2ccoc2)ccc1N. The van der Waals surface area contributed by atoms with Gasteiger partial charge in [0, 0.05) is 30.9 Å². The molecule has 0 unspecified atom stereocenters. The van der Waals surface area contributed by atoms with E-state index in [0.717, 1.165) is 23.5 Å². The molecule has 0 radical (unpaired) electrons. The summed E-state index contributed by atoms with van der Waals surface area (Å²) in [5, 5.41) is 0. The van der Waals surface area contributed by atoms with Gasteiger partial charge in [-0.15, -0.1) is 0 Å². The van der Waals surface area contributed by atoms with E-state index in [1.807, 2.05) is 38.2 Å². The van der Waals surface area contributed by atoms with Crippen molar-refractivity contribution in [3.05, 3.63) is 42.4 Å². The lowest BCUT2D eigenvalue weighted by atomic mass is 10.2. The van der Waals surface area contributed by atoms with Crippen molar-refractivity contribution in [2.75, 3.05) is 24.3 Å². The molecular weight excluding hydrogens is 228 g/mol. The van der Waals surface area contributed by atoms with E-state index in [9.17, 15) is 0 Å². The van der Waals surface area contributed by atoms with Gasteiger partial charge in [0.1, 0.15) is 5.75 Å². The molecule has 96 valence electrons. The largest absolute Gasteiger partial charge is 0.492 e. The van der Waals surface area contributed by atoms with Gasteiger partial charge in [0.05, 0.1) is 24.8 Å². The fourth-order valence-electron chi connectivity index (χ4n) is 1.79. The van der Waals surface area contributed by atoms with E-state index < -0.39 is 0 Å². The van der Waals surface area contributed by atoms with Crippen molar-refractivity contribution in [3.63, 3.8) is 0 Å². The molecule has 0 aliphatic heterocycles. The summed E-state index contributed by atoms with van der Waals surface area (Å²) in [6.45, 7) is 3.34. The van der Waals surface area contributed by atoms with Crippen LogP contribution in [0.5, 0.6) is 5.75 Å². The number of ether oxygens (including phenoxy) is 1. The molecule has 4 heteroatoms. The predicted octanol–water partition coefficient (Wildman–Crippen LogP) is 2.90. The fourth-order valence-corrected chi connectivity index (χ4v) is 1.79. The Labute approximate surface area is 107 Å². The highest BCUT2D eigenvalue weighted by atomic mass is 16.5. The number of rotatable bonds is 5. The molecular formula is C14H18N2O2. The molecule has 4 nitrogen and oxygen atoms in total. The van der Waals surface area contributed by atoms with Crippen LogP contribution in [0.15, 0.2) is 41.2 Å². The highest BCUT2D eigenvalue weighted by molar-refractivity contribution is 5.62. The van der Waals surface area contributed by atoms with Crippen molar-refractivity contribution in [2.45, 2.75) is 13.5 Å². The van der Waals surface area contributed by atoms with Crippen LogP contribution in [0.1, 0.15) is 12.5 Å². The second-order valence-corrected chi connectivity index (χ2v) is 4.14. The molecule has 0 saturated heterocycles. The molecule has 2 rings (SSSR count). The van der Waals surface area contributed by atoms with Gasteiger partial charge >= 0.3 is 0 Å². The zero-order valence-electron chi connectivity index (χ0n) is 10.7. The highest BCUT2D eigenvalue weighted by Crippen LogP contribution is 2.27. The Hall–Kier alpha value is -2.10. The fraction of sp³-hybridized carbons (Fsp3) is 0.286. The Morgan fingerprint density at radius 3 is 2.83 bits per heavy atom. The maximum Gasteiger partial charge on any atom is 0.144 e. The third kappa shape index (κ3) is 2.77. The van der Waals surface area contributed by atoms with Crippen LogP contribution >= 0.6 is 0 Å². The molecule has 0 bridgehead atoms. The van der Waals surface area contributed by atoms with Crippen molar-refractivity contribution in [3.8, 4) is 5.75 Å². The number of anilines is 2. The molecule has 0 amide bonds. The summed E-state index contributed by atoms with van der Waals surface area (Å²) in [4.78, 5) is 2.12. The third-order valence-electron chi connectivity index (χ3n) is 2.74. The molecule has 0 atom stereocenters. The van der Waals surface area contributed by atoms with Gasteiger partial charge in [0.2, 0.25) is 0 Å². The van der Waals surface area contributed by atoms with Crippen LogP contribution in [0.4, 0.5) is 11.4 Å². The van der Waals surface area contributed by atoms with E-state index in [4.69, 9.17) is 14.9 Å². The van der Waals surface area contributed by atoms with Gasteiger partial charge in [-0.3, -0.25) is 0 Å². The Morgan fingerprint density at radius 2 is 2.17 bits per heavy atom. The summed E-state index contributed by atoms with van der Waals surface area (Å²) < 4.78 is 10.6. The second kappa shape index (κ2) is 5.49. The summed E-state index contributed by atoms with van der Waals surface area (Å²) in [6, 6.07) is 7.76. The number of nitrogens with two attached hydrogens (primary N) is 1. The van der Waals surface area contributed by atoms with E-state index in [1.165, 1.54) is 0 Å². The molecule has 1 heterocycles. The van der Waals surface area contributed by atoms with Crippen molar-refractivity contribution in [1.29, 1.82) is 0 Å². The number of furan rings is 1. The maximum absolute atomic E-state index is 5.85. The molecule has 0 fully saturated rings. The zero-order chi connectivity index (χ0) is 13.0. The number of nitrogens with zero attached hydrogens (tertiary/aromatic N) is 1. The first kappa shape index (κ1) is 12.4. The summed E-state index contributed by atoms with van der Waals surface area (Å²) in [5.41, 5.74) is 8.71. The molecule has 0 saturated carbocycles. The van der Waals surface area contributed by atoms with Crippen molar-refractivity contribution in [1.82, 2.24) is 0 Å². The summed E-state index contributed by atoms with van der Waals surface area (Å²) in [7, 11) is 2.02. The lowest BCUT2D eigenvalue weighted by Gasteiger charge is -2.20. The average molecular weight is 246 g/mol. The maximum atomic E-state index is 5.85. The Bertz CT molecular complexity index is 495. The number of benzene rings is 1. The standard InChI is InChI=1S/C14H18N2O2/c1-3-18-14-8-12(4-5-13(14)15)16(2)9-11-6-7-17-10-11/h4-8,10H,3,9,15H2,1-2H3. The molecule has 0 aliphatic rings. The van der Waals surface area contributed by atoms with Gasteiger partial charge in [0.15, 0.2) is 0 Å². The van der Waals surface area contributed by atoms with Gasteiger partial charge in [0.25, 0.3) is 0 Å². The third-order valence-corrected chi connectivity index (χ3v) is 2.74. The van der Waals surface area contributed by atoms with Gasteiger partial charge in [-0.25, -0.2) is 0 Å². The van der Waals surface area contributed by atoms with Crippen LogP contribution in [0, 0.1) is 0 Å². The van der Waals surface area contributed by atoms with Crippen molar-refractivity contribution >= 4 is 11.4 Å². The highest BCUT2D eigenvalue weighted by Gasteiger charge is 2.07. The number of nitrogen functional groups attached to an aromatic ring is 1. The van der Waals surface area contributed by atoms with Gasteiger partial charge < -0.3 is 19.8 Å². The predicted molar refractivity (Wildman–Crippen MR) is 72.8 cm³/mol. The van der Waals surface area contributed by atoms with E-state index in [0.29, 0.717) is 12.3 Å². The Balaban J connectivity index is 2.14. The van der Waals surface area contributed by atoms with E-state index in [1.54, 1.807) is 12.5 Å². The molecule has 18 heavy (non-hydrogen) atoms. The van der Waals surface area contributed by atoms with E-state index in [2.05, 4.69) is 4.90 Å². The van der Waals surface area contributed by atoms with Crippen molar-refractivity contribution < 1.29 is 9.15 Å². The summed E-state index contributed by atoms with van der Waals surface area (Å²) >= 11 is 0. The van der Waals surface area contributed by atoms with Crippen LogP contribution in [0.25, 0.3) is 0 Å². The Morgan fingerprint density at radius 1 is 1.33 bits per heavy atom. The van der Waals surface area contributed by atoms with Gasteiger partial charge in [-0.1, -0.05) is 0 Å². The number of hydrogen-bond acceptors (Lipinski definition) is 4. The first-order valence-corrected chi connectivity index (χ1v) is 5.95. The first-order chi connectivity index (χ1) is 8.70. The smallest absolute Gasteiger partial charge is 0.144 e. The van der Waals surface area contributed by atoms with Crippen molar-refractivity contribution in [2.24, 2.45) is 0 Å². The first-order valence-electron chi connectivity index (χ1n) is 5.95. The lowest BCUT2D eigenvalue weighted by molar-refractivity contribution is 0.342. The minimum atomic E-state index is 0.610. The average Bonchev–Trinajstić information content (AvgIpc) is 2.85. The van der Waals surface area contributed by atoms with Crippen LogP contribution < -0.4 is 15.4 Å². The molecule has 2 N–H and O–H groups in total.